The Morgan fingerprint density at radius 1 is 1.00 bits per heavy atom. The van der Waals surface area contributed by atoms with Crippen molar-refractivity contribution in [1.82, 2.24) is 4.98 Å². The second-order valence-corrected chi connectivity index (χ2v) is 5.38. The summed E-state index contributed by atoms with van der Waals surface area (Å²) in [6.07, 6.45) is -0.949. The van der Waals surface area contributed by atoms with E-state index in [9.17, 15) is 14.4 Å². The Morgan fingerprint density at radius 3 is 2.42 bits per heavy atom. The summed E-state index contributed by atoms with van der Waals surface area (Å²) in [6, 6.07) is 17.1. The lowest BCUT2D eigenvalue weighted by molar-refractivity contribution is 0.0313. The summed E-state index contributed by atoms with van der Waals surface area (Å²) < 4.78 is 5.20. The Hall–Kier alpha value is -3.21. The molecule has 5 nitrogen and oxygen atoms in total. The van der Waals surface area contributed by atoms with E-state index in [4.69, 9.17) is 4.74 Å². The lowest BCUT2D eigenvalue weighted by atomic mass is 10.1. The predicted molar refractivity (Wildman–Crippen MR) is 90.2 cm³/mol. The summed E-state index contributed by atoms with van der Waals surface area (Å²) >= 11 is 0. The molecule has 0 saturated carbocycles. The Kier molecular flexibility index (Phi) is 4.24. The number of carbonyl (C=O) groups is 2. The summed E-state index contributed by atoms with van der Waals surface area (Å²) in [5.74, 6) is -1.04. The molecule has 1 heterocycles. The van der Waals surface area contributed by atoms with Crippen molar-refractivity contribution < 1.29 is 14.3 Å². The maximum Gasteiger partial charge on any atom is 0.355 e. The molecule has 0 aliphatic rings. The highest BCUT2D eigenvalue weighted by atomic mass is 16.5. The topological polar surface area (TPSA) is 76.2 Å². The van der Waals surface area contributed by atoms with Crippen LogP contribution in [0.4, 0.5) is 0 Å². The number of nitrogens with one attached hydrogen (secondary N) is 1. The van der Waals surface area contributed by atoms with Crippen LogP contribution in [-0.4, -0.2) is 22.8 Å². The van der Waals surface area contributed by atoms with Gasteiger partial charge in [0.15, 0.2) is 6.10 Å². The molecule has 0 amide bonds. The second-order valence-electron chi connectivity index (χ2n) is 5.38. The number of rotatable bonds is 4. The molecular weight excluding hydrogens is 306 g/mol. The SMILES string of the molecule is C[C@@H](OC(=O)c1cc2ccccc2c(=O)[nH]1)C(=O)c1ccccc1. The van der Waals surface area contributed by atoms with Crippen molar-refractivity contribution in [1.29, 1.82) is 0 Å². The number of pyridine rings is 1. The molecule has 0 radical (unpaired) electrons. The minimum Gasteiger partial charge on any atom is -0.450 e. The van der Waals surface area contributed by atoms with Crippen LogP contribution in [0, 0.1) is 0 Å². The van der Waals surface area contributed by atoms with Gasteiger partial charge in [0.05, 0.1) is 0 Å². The minimum atomic E-state index is -0.949. The molecule has 1 aromatic heterocycles. The largest absolute Gasteiger partial charge is 0.450 e. The standard InChI is InChI=1S/C19H15NO4/c1-12(17(21)13-7-3-2-4-8-13)24-19(23)16-11-14-9-5-6-10-15(14)18(22)20-16/h2-12H,1H3,(H,20,22)/t12-/m1/s1. The van der Waals surface area contributed by atoms with Crippen LogP contribution in [0.25, 0.3) is 10.8 Å². The number of esters is 1. The molecular formula is C19H15NO4. The fourth-order valence-corrected chi connectivity index (χ4v) is 2.44. The van der Waals surface area contributed by atoms with Crippen molar-refractivity contribution in [3.63, 3.8) is 0 Å². The number of benzene rings is 2. The molecule has 5 heteroatoms. The average Bonchev–Trinajstić information content (AvgIpc) is 2.61. The fraction of sp³-hybridized carbons (Fsp3) is 0.105. The number of hydrogen-bond acceptors (Lipinski definition) is 4. The van der Waals surface area contributed by atoms with Crippen molar-refractivity contribution in [2.24, 2.45) is 0 Å². The van der Waals surface area contributed by atoms with E-state index >= 15 is 0 Å². The third-order valence-electron chi connectivity index (χ3n) is 3.68. The zero-order valence-corrected chi connectivity index (χ0v) is 13.0. The Labute approximate surface area is 137 Å². The number of fused-ring (bicyclic) bond motifs is 1. The maximum atomic E-state index is 12.2. The molecule has 24 heavy (non-hydrogen) atoms. The van der Waals surface area contributed by atoms with Gasteiger partial charge in [0, 0.05) is 10.9 Å². The van der Waals surface area contributed by atoms with E-state index in [1.807, 2.05) is 0 Å². The molecule has 0 saturated heterocycles. The normalized spacial score (nSPS) is 11.9. The first kappa shape index (κ1) is 15.7. The number of carbonyl (C=O) groups excluding carboxylic acids is 2. The Balaban J connectivity index is 1.82. The molecule has 3 rings (SSSR count). The highest BCUT2D eigenvalue weighted by molar-refractivity contribution is 6.01. The van der Waals surface area contributed by atoms with Crippen LogP contribution in [-0.2, 0) is 4.74 Å². The first-order chi connectivity index (χ1) is 11.6. The summed E-state index contributed by atoms with van der Waals surface area (Å²) in [4.78, 5) is 39.0. The summed E-state index contributed by atoms with van der Waals surface area (Å²) in [6.45, 7) is 1.51. The lowest BCUT2D eigenvalue weighted by Crippen LogP contribution is -2.26. The van der Waals surface area contributed by atoms with Gasteiger partial charge in [-0.25, -0.2) is 4.79 Å². The van der Waals surface area contributed by atoms with Gasteiger partial charge in [-0.3, -0.25) is 9.59 Å². The molecule has 0 fully saturated rings. The molecule has 0 bridgehead atoms. The number of H-pyrrole nitrogens is 1. The number of aromatic nitrogens is 1. The van der Waals surface area contributed by atoms with E-state index in [2.05, 4.69) is 4.98 Å². The third-order valence-corrected chi connectivity index (χ3v) is 3.68. The van der Waals surface area contributed by atoms with Crippen LogP contribution in [0.2, 0.25) is 0 Å². The molecule has 0 aliphatic carbocycles. The van der Waals surface area contributed by atoms with E-state index in [0.29, 0.717) is 16.3 Å². The fourth-order valence-electron chi connectivity index (χ4n) is 2.44. The van der Waals surface area contributed by atoms with Crippen molar-refractivity contribution in [3.8, 4) is 0 Å². The molecule has 0 unspecified atom stereocenters. The predicted octanol–water partition coefficient (Wildman–Crippen LogP) is 2.96. The first-order valence-electron chi connectivity index (χ1n) is 7.48. The second kappa shape index (κ2) is 6.50. The van der Waals surface area contributed by atoms with Gasteiger partial charge < -0.3 is 9.72 Å². The number of hydrogen-bond donors (Lipinski definition) is 1. The van der Waals surface area contributed by atoms with E-state index in [-0.39, 0.29) is 17.0 Å². The molecule has 1 N–H and O–H groups in total. The maximum absolute atomic E-state index is 12.2. The smallest absolute Gasteiger partial charge is 0.355 e. The molecule has 3 aromatic rings. The number of Topliss-reactive ketones (excluding diaryl/α,β-unsaturated/α-hetero) is 1. The van der Waals surface area contributed by atoms with Crippen molar-refractivity contribution >= 4 is 22.5 Å². The van der Waals surface area contributed by atoms with Crippen LogP contribution in [0.3, 0.4) is 0 Å². The van der Waals surface area contributed by atoms with Crippen molar-refractivity contribution in [3.05, 3.63) is 82.3 Å². The van der Waals surface area contributed by atoms with E-state index in [1.54, 1.807) is 60.7 Å². The molecule has 120 valence electrons. The monoisotopic (exact) mass is 321 g/mol. The molecule has 0 spiro atoms. The summed E-state index contributed by atoms with van der Waals surface area (Å²) in [5.41, 5.74) is 0.110. The van der Waals surface area contributed by atoms with Gasteiger partial charge >= 0.3 is 5.97 Å². The van der Waals surface area contributed by atoms with Crippen molar-refractivity contribution in [2.45, 2.75) is 13.0 Å². The van der Waals surface area contributed by atoms with Crippen LogP contribution in [0.15, 0.2) is 65.5 Å². The van der Waals surface area contributed by atoms with Gasteiger partial charge in [-0.15, -0.1) is 0 Å². The van der Waals surface area contributed by atoms with Crippen LogP contribution in [0.5, 0.6) is 0 Å². The number of aromatic amines is 1. The van der Waals surface area contributed by atoms with Gasteiger partial charge in [0.25, 0.3) is 5.56 Å². The van der Waals surface area contributed by atoms with Gasteiger partial charge in [0.1, 0.15) is 5.69 Å². The van der Waals surface area contributed by atoms with Crippen LogP contribution in [0.1, 0.15) is 27.8 Å². The Morgan fingerprint density at radius 2 is 1.67 bits per heavy atom. The summed E-state index contributed by atoms with van der Waals surface area (Å²) in [7, 11) is 0. The Bertz CT molecular complexity index is 960. The van der Waals surface area contributed by atoms with Crippen LogP contribution >= 0.6 is 0 Å². The van der Waals surface area contributed by atoms with Gasteiger partial charge in [-0.1, -0.05) is 48.5 Å². The van der Waals surface area contributed by atoms with Gasteiger partial charge in [0.2, 0.25) is 5.78 Å². The molecule has 2 aromatic carbocycles. The van der Waals surface area contributed by atoms with E-state index in [1.165, 1.54) is 6.92 Å². The first-order valence-corrected chi connectivity index (χ1v) is 7.48. The van der Waals surface area contributed by atoms with E-state index < -0.39 is 12.1 Å². The number of ether oxygens (including phenoxy) is 1. The molecule has 0 aliphatic heterocycles. The highest BCUT2D eigenvalue weighted by Crippen LogP contribution is 2.12. The average molecular weight is 321 g/mol. The number of ketones is 1. The zero-order chi connectivity index (χ0) is 17.1. The van der Waals surface area contributed by atoms with E-state index in [0.717, 1.165) is 0 Å². The van der Waals surface area contributed by atoms with Gasteiger partial charge in [-0.05, 0) is 24.4 Å². The zero-order valence-electron chi connectivity index (χ0n) is 13.0. The van der Waals surface area contributed by atoms with Crippen molar-refractivity contribution in [2.75, 3.05) is 0 Å². The highest BCUT2D eigenvalue weighted by Gasteiger charge is 2.21. The third kappa shape index (κ3) is 3.10. The quantitative estimate of drug-likeness (QED) is 0.592. The summed E-state index contributed by atoms with van der Waals surface area (Å²) in [5, 5.41) is 1.12. The minimum absolute atomic E-state index is 0.0198. The van der Waals surface area contributed by atoms with Gasteiger partial charge in [-0.2, -0.15) is 0 Å². The lowest BCUT2D eigenvalue weighted by Gasteiger charge is -2.12. The van der Waals surface area contributed by atoms with Crippen LogP contribution < -0.4 is 5.56 Å². The molecule has 1 atom stereocenters.